The number of aromatic nitrogens is 1. The molecule has 0 atom stereocenters. The predicted octanol–water partition coefficient (Wildman–Crippen LogP) is 4.12. The highest BCUT2D eigenvalue weighted by Gasteiger charge is 2.19. The van der Waals surface area contributed by atoms with E-state index in [1.807, 2.05) is 18.2 Å². The number of nitrogens with one attached hydrogen (secondary N) is 2. The van der Waals surface area contributed by atoms with Crippen LogP contribution in [0.3, 0.4) is 0 Å². The van der Waals surface area contributed by atoms with Crippen LogP contribution in [0.2, 0.25) is 0 Å². The number of carbonyl (C=O) groups excluding carboxylic acids is 1. The van der Waals surface area contributed by atoms with Crippen LogP contribution in [0.4, 0.5) is 4.39 Å². The lowest BCUT2D eigenvalue weighted by Gasteiger charge is -2.29. The second-order valence-electron chi connectivity index (χ2n) is 7.68. The molecule has 1 amide bonds. The number of nitrogens with zero attached hydrogens (tertiary/aromatic N) is 1. The highest BCUT2D eigenvalue weighted by atomic mass is 19.1. The molecule has 2 N–H and O–H groups in total. The molecule has 0 aliphatic carbocycles. The Kier molecular flexibility index (Phi) is 5.44. The minimum atomic E-state index is -0.251. The molecule has 1 saturated heterocycles. The van der Waals surface area contributed by atoms with Crippen LogP contribution in [-0.4, -0.2) is 42.0 Å². The maximum atomic E-state index is 13.3. The van der Waals surface area contributed by atoms with Gasteiger partial charge in [-0.25, -0.2) is 4.39 Å². The summed E-state index contributed by atoms with van der Waals surface area (Å²) in [6.45, 7) is 2.06. The van der Waals surface area contributed by atoms with Crippen molar-refractivity contribution in [1.29, 1.82) is 0 Å². The molecular weight excluding hydrogens is 353 g/mol. The lowest BCUT2D eigenvalue weighted by atomic mass is 10.0. The van der Waals surface area contributed by atoms with Gasteiger partial charge in [0.25, 0.3) is 0 Å². The lowest BCUT2D eigenvalue weighted by Crippen LogP contribution is -2.43. The van der Waals surface area contributed by atoms with Crippen LogP contribution in [0.25, 0.3) is 22.2 Å². The van der Waals surface area contributed by atoms with Crippen molar-refractivity contribution in [1.82, 2.24) is 15.2 Å². The van der Waals surface area contributed by atoms with Crippen molar-refractivity contribution in [2.24, 2.45) is 0 Å². The van der Waals surface area contributed by atoms with E-state index in [0.29, 0.717) is 12.8 Å². The van der Waals surface area contributed by atoms with Crippen LogP contribution in [0.1, 0.15) is 24.8 Å². The molecule has 0 spiro atoms. The van der Waals surface area contributed by atoms with E-state index in [0.717, 1.165) is 53.7 Å². The van der Waals surface area contributed by atoms with E-state index in [-0.39, 0.29) is 17.8 Å². The molecule has 0 radical (unpaired) electrons. The van der Waals surface area contributed by atoms with Gasteiger partial charge in [0.05, 0.1) is 0 Å². The minimum Gasteiger partial charge on any atom is -0.354 e. The fourth-order valence-corrected chi connectivity index (χ4v) is 4.01. The van der Waals surface area contributed by atoms with E-state index in [2.05, 4.69) is 28.3 Å². The number of halogens is 1. The topological polar surface area (TPSA) is 48.1 Å². The zero-order valence-electron chi connectivity index (χ0n) is 16.2. The second kappa shape index (κ2) is 8.15. The first-order valence-electron chi connectivity index (χ1n) is 9.93. The van der Waals surface area contributed by atoms with Gasteiger partial charge >= 0.3 is 0 Å². The molecule has 2 aromatic carbocycles. The van der Waals surface area contributed by atoms with Gasteiger partial charge in [-0.05, 0) is 80.9 Å². The summed E-state index contributed by atoms with van der Waals surface area (Å²) in [6, 6.07) is 14.9. The molecule has 5 heteroatoms. The molecule has 1 aliphatic rings. The SMILES string of the molecule is CN1CCC(NC(=O)CCc2c(-c3ccc(F)cc3)[nH]c3ccccc23)CC1. The van der Waals surface area contributed by atoms with E-state index in [4.69, 9.17) is 0 Å². The Morgan fingerprint density at radius 3 is 2.61 bits per heavy atom. The Morgan fingerprint density at radius 2 is 1.86 bits per heavy atom. The quantitative estimate of drug-likeness (QED) is 0.701. The number of amides is 1. The van der Waals surface area contributed by atoms with E-state index in [9.17, 15) is 9.18 Å². The van der Waals surface area contributed by atoms with E-state index >= 15 is 0 Å². The Balaban J connectivity index is 1.51. The lowest BCUT2D eigenvalue weighted by molar-refractivity contribution is -0.122. The first kappa shape index (κ1) is 18.7. The molecule has 0 bridgehead atoms. The van der Waals surface area contributed by atoms with Gasteiger partial charge in [0.2, 0.25) is 5.91 Å². The number of benzene rings is 2. The summed E-state index contributed by atoms with van der Waals surface area (Å²) in [4.78, 5) is 18.3. The Labute approximate surface area is 164 Å². The van der Waals surface area contributed by atoms with Crippen LogP contribution in [0, 0.1) is 5.82 Å². The van der Waals surface area contributed by atoms with Crippen LogP contribution in [0.15, 0.2) is 48.5 Å². The van der Waals surface area contributed by atoms with Gasteiger partial charge in [-0.3, -0.25) is 4.79 Å². The number of carbonyl (C=O) groups is 1. The third kappa shape index (κ3) is 4.09. The fourth-order valence-electron chi connectivity index (χ4n) is 4.01. The Hall–Kier alpha value is -2.66. The highest BCUT2D eigenvalue weighted by molar-refractivity contribution is 5.91. The number of hydrogen-bond acceptors (Lipinski definition) is 2. The van der Waals surface area contributed by atoms with Crippen molar-refractivity contribution in [3.05, 3.63) is 59.9 Å². The molecule has 1 aromatic heterocycles. The molecule has 0 unspecified atom stereocenters. The number of fused-ring (bicyclic) bond motifs is 1. The number of aromatic amines is 1. The average molecular weight is 379 g/mol. The van der Waals surface area contributed by atoms with Crippen LogP contribution >= 0.6 is 0 Å². The molecule has 4 rings (SSSR count). The van der Waals surface area contributed by atoms with Crippen molar-refractivity contribution in [3.63, 3.8) is 0 Å². The first-order chi connectivity index (χ1) is 13.6. The smallest absolute Gasteiger partial charge is 0.220 e. The largest absolute Gasteiger partial charge is 0.354 e. The summed E-state index contributed by atoms with van der Waals surface area (Å²) < 4.78 is 13.3. The summed E-state index contributed by atoms with van der Waals surface area (Å²) in [5, 5.41) is 4.31. The van der Waals surface area contributed by atoms with Gasteiger partial charge in [0.15, 0.2) is 0 Å². The molecular formula is C23H26FN3O. The molecule has 1 aliphatic heterocycles. The van der Waals surface area contributed by atoms with Crippen molar-refractivity contribution in [2.45, 2.75) is 31.7 Å². The van der Waals surface area contributed by atoms with Crippen LogP contribution in [-0.2, 0) is 11.2 Å². The molecule has 2 heterocycles. The van der Waals surface area contributed by atoms with Crippen molar-refractivity contribution < 1.29 is 9.18 Å². The Bertz CT molecular complexity index is 956. The van der Waals surface area contributed by atoms with E-state index in [1.165, 1.54) is 12.1 Å². The number of hydrogen-bond donors (Lipinski definition) is 2. The maximum absolute atomic E-state index is 13.3. The van der Waals surface area contributed by atoms with Crippen LogP contribution < -0.4 is 5.32 Å². The zero-order chi connectivity index (χ0) is 19.5. The Morgan fingerprint density at radius 1 is 1.14 bits per heavy atom. The summed E-state index contributed by atoms with van der Waals surface area (Å²) in [6.07, 6.45) is 3.11. The highest BCUT2D eigenvalue weighted by Crippen LogP contribution is 2.31. The zero-order valence-corrected chi connectivity index (χ0v) is 16.2. The number of rotatable bonds is 5. The van der Waals surface area contributed by atoms with Gasteiger partial charge in [-0.2, -0.15) is 0 Å². The van der Waals surface area contributed by atoms with Crippen molar-refractivity contribution >= 4 is 16.8 Å². The van der Waals surface area contributed by atoms with Crippen molar-refractivity contribution in [2.75, 3.05) is 20.1 Å². The van der Waals surface area contributed by atoms with Gasteiger partial charge in [0, 0.05) is 29.1 Å². The molecule has 1 fully saturated rings. The first-order valence-corrected chi connectivity index (χ1v) is 9.93. The number of piperidine rings is 1. The summed E-state index contributed by atoms with van der Waals surface area (Å²) >= 11 is 0. The van der Waals surface area contributed by atoms with Gasteiger partial charge in [-0.15, -0.1) is 0 Å². The number of para-hydroxylation sites is 1. The molecule has 0 saturated carbocycles. The number of H-pyrrole nitrogens is 1. The van der Waals surface area contributed by atoms with E-state index in [1.54, 1.807) is 12.1 Å². The van der Waals surface area contributed by atoms with Crippen molar-refractivity contribution in [3.8, 4) is 11.3 Å². The van der Waals surface area contributed by atoms with Gasteiger partial charge in [0.1, 0.15) is 5.82 Å². The molecule has 4 nitrogen and oxygen atoms in total. The number of likely N-dealkylation sites (tertiary alicyclic amines) is 1. The third-order valence-corrected chi connectivity index (χ3v) is 5.63. The molecule has 3 aromatic rings. The normalized spacial score (nSPS) is 15.8. The summed E-state index contributed by atoms with van der Waals surface area (Å²) in [5.74, 6) is -0.149. The standard InChI is InChI=1S/C23H26FN3O/c1-27-14-12-18(13-15-27)25-22(28)11-10-20-19-4-2-3-5-21(19)26-23(20)16-6-8-17(24)9-7-16/h2-9,18,26H,10-15H2,1H3,(H,25,28). The monoisotopic (exact) mass is 379 g/mol. The maximum Gasteiger partial charge on any atom is 0.220 e. The van der Waals surface area contributed by atoms with E-state index < -0.39 is 0 Å². The fraction of sp³-hybridized carbons (Fsp3) is 0.348. The van der Waals surface area contributed by atoms with Gasteiger partial charge < -0.3 is 15.2 Å². The van der Waals surface area contributed by atoms with Gasteiger partial charge in [-0.1, -0.05) is 18.2 Å². The third-order valence-electron chi connectivity index (χ3n) is 5.63. The second-order valence-corrected chi connectivity index (χ2v) is 7.68. The minimum absolute atomic E-state index is 0.102. The average Bonchev–Trinajstić information content (AvgIpc) is 3.07. The molecule has 146 valence electrons. The predicted molar refractivity (Wildman–Crippen MR) is 111 cm³/mol. The summed E-state index contributed by atoms with van der Waals surface area (Å²) in [5.41, 5.74) is 4.05. The van der Waals surface area contributed by atoms with Crippen LogP contribution in [0.5, 0.6) is 0 Å². The number of aryl methyl sites for hydroxylation is 1. The molecule has 28 heavy (non-hydrogen) atoms. The summed E-state index contributed by atoms with van der Waals surface area (Å²) in [7, 11) is 2.12.